The van der Waals surface area contributed by atoms with Crippen LogP contribution in [0.2, 0.25) is 0 Å². The predicted octanol–water partition coefficient (Wildman–Crippen LogP) is 3.84. The fraction of sp³-hybridized carbons (Fsp3) is 0.611. The lowest BCUT2D eigenvalue weighted by atomic mass is 9.90. The van der Waals surface area contributed by atoms with Crippen LogP contribution >= 0.6 is 0 Å². The van der Waals surface area contributed by atoms with E-state index in [-0.39, 0.29) is 12.8 Å². The molecule has 1 atom stereocenters. The summed E-state index contributed by atoms with van der Waals surface area (Å²) in [5.74, 6) is -3.54. The largest absolute Gasteiger partial charge is 0.478 e. The SMILES string of the molecule is CCCC[C@H](C)N1CCC(Oc2c(F)cccc2F)(C(=O)O)CC1. The van der Waals surface area contributed by atoms with Gasteiger partial charge in [-0.3, -0.25) is 0 Å². The highest BCUT2D eigenvalue weighted by atomic mass is 19.1. The zero-order valence-electron chi connectivity index (χ0n) is 14.2. The highest BCUT2D eigenvalue weighted by molar-refractivity contribution is 5.78. The van der Waals surface area contributed by atoms with E-state index < -0.39 is 29.0 Å². The second-order valence-electron chi connectivity index (χ2n) is 6.48. The van der Waals surface area contributed by atoms with Gasteiger partial charge in [0.25, 0.3) is 0 Å². The number of ether oxygens (including phenoxy) is 1. The van der Waals surface area contributed by atoms with Gasteiger partial charge in [0.2, 0.25) is 5.60 Å². The molecule has 1 heterocycles. The van der Waals surface area contributed by atoms with Crippen molar-refractivity contribution in [2.24, 2.45) is 0 Å². The first kappa shape index (κ1) is 18.6. The van der Waals surface area contributed by atoms with Crippen molar-refractivity contribution in [3.8, 4) is 5.75 Å². The van der Waals surface area contributed by atoms with E-state index in [0.29, 0.717) is 19.1 Å². The molecule has 0 saturated carbocycles. The number of carboxylic acids is 1. The molecule has 6 heteroatoms. The quantitative estimate of drug-likeness (QED) is 0.819. The summed E-state index contributed by atoms with van der Waals surface area (Å²) in [5.41, 5.74) is -1.58. The Labute approximate surface area is 141 Å². The molecule has 1 fully saturated rings. The van der Waals surface area contributed by atoms with Crippen molar-refractivity contribution in [3.05, 3.63) is 29.8 Å². The second kappa shape index (κ2) is 7.92. The molecule has 1 aromatic carbocycles. The minimum Gasteiger partial charge on any atom is -0.478 e. The maximum Gasteiger partial charge on any atom is 0.348 e. The number of aliphatic carboxylic acids is 1. The van der Waals surface area contributed by atoms with Crippen molar-refractivity contribution in [1.29, 1.82) is 0 Å². The first-order valence-electron chi connectivity index (χ1n) is 8.50. The monoisotopic (exact) mass is 341 g/mol. The van der Waals surface area contributed by atoms with Crippen molar-refractivity contribution < 1.29 is 23.4 Å². The number of hydrogen-bond donors (Lipinski definition) is 1. The molecule has 1 N–H and O–H groups in total. The van der Waals surface area contributed by atoms with Gasteiger partial charge in [-0.25, -0.2) is 13.6 Å². The number of rotatable bonds is 7. The summed E-state index contributed by atoms with van der Waals surface area (Å²) in [6.07, 6.45) is 3.70. The lowest BCUT2D eigenvalue weighted by molar-refractivity contribution is -0.160. The van der Waals surface area contributed by atoms with Crippen molar-refractivity contribution in [1.82, 2.24) is 4.90 Å². The van der Waals surface area contributed by atoms with Gasteiger partial charge in [-0.05, 0) is 25.5 Å². The van der Waals surface area contributed by atoms with E-state index >= 15 is 0 Å². The van der Waals surface area contributed by atoms with E-state index in [4.69, 9.17) is 4.74 Å². The molecule has 0 aliphatic carbocycles. The molecule has 0 spiro atoms. The Morgan fingerprint density at radius 3 is 2.42 bits per heavy atom. The number of carbonyl (C=O) groups is 1. The van der Waals surface area contributed by atoms with Gasteiger partial charge in [0.05, 0.1) is 0 Å². The standard InChI is InChI=1S/C18H25F2NO3/c1-3-4-6-13(2)21-11-9-18(10-12-21,17(22)23)24-16-14(19)7-5-8-15(16)20/h5,7-8,13H,3-4,6,9-12H2,1-2H3,(H,22,23)/t13-/m0/s1. The number of piperidine rings is 1. The Morgan fingerprint density at radius 2 is 1.92 bits per heavy atom. The van der Waals surface area contributed by atoms with E-state index in [1.54, 1.807) is 0 Å². The van der Waals surface area contributed by atoms with Gasteiger partial charge in [0, 0.05) is 32.0 Å². The first-order chi connectivity index (χ1) is 11.4. The molecule has 0 unspecified atom stereocenters. The number of nitrogens with zero attached hydrogens (tertiary/aromatic N) is 1. The number of likely N-dealkylation sites (tertiary alicyclic amines) is 1. The molecular weight excluding hydrogens is 316 g/mol. The van der Waals surface area contributed by atoms with E-state index in [1.165, 1.54) is 6.07 Å². The zero-order chi connectivity index (χ0) is 17.7. The topological polar surface area (TPSA) is 49.8 Å². The molecule has 134 valence electrons. The third-order valence-corrected chi connectivity index (χ3v) is 4.81. The average molecular weight is 341 g/mol. The molecule has 24 heavy (non-hydrogen) atoms. The normalized spacial score (nSPS) is 19.0. The van der Waals surface area contributed by atoms with E-state index in [9.17, 15) is 18.7 Å². The summed E-state index contributed by atoms with van der Waals surface area (Å²) >= 11 is 0. The van der Waals surface area contributed by atoms with Crippen molar-refractivity contribution >= 4 is 5.97 Å². The summed E-state index contributed by atoms with van der Waals surface area (Å²) in [7, 11) is 0. The molecular formula is C18H25F2NO3. The maximum absolute atomic E-state index is 13.8. The van der Waals surface area contributed by atoms with Crippen LogP contribution in [0.4, 0.5) is 8.78 Å². The van der Waals surface area contributed by atoms with Gasteiger partial charge in [-0.15, -0.1) is 0 Å². The van der Waals surface area contributed by atoms with Crippen LogP contribution in [0.15, 0.2) is 18.2 Å². The molecule has 2 rings (SSSR count). The van der Waals surface area contributed by atoms with Gasteiger partial charge in [0.1, 0.15) is 0 Å². The number of carboxylic acid groups (broad SMARTS) is 1. The van der Waals surface area contributed by atoms with Crippen LogP contribution in [0, 0.1) is 11.6 Å². The van der Waals surface area contributed by atoms with Crippen molar-refractivity contribution in [2.45, 2.75) is 57.6 Å². The Morgan fingerprint density at radius 1 is 1.33 bits per heavy atom. The maximum atomic E-state index is 13.8. The smallest absolute Gasteiger partial charge is 0.348 e. The lowest BCUT2D eigenvalue weighted by Crippen LogP contribution is -2.55. The third kappa shape index (κ3) is 4.04. The third-order valence-electron chi connectivity index (χ3n) is 4.81. The number of para-hydroxylation sites is 1. The number of halogens is 2. The predicted molar refractivity (Wildman–Crippen MR) is 87.1 cm³/mol. The minimum atomic E-state index is -1.58. The fourth-order valence-corrected chi connectivity index (χ4v) is 3.14. The minimum absolute atomic E-state index is 0.201. The van der Waals surface area contributed by atoms with Crippen molar-refractivity contribution in [2.75, 3.05) is 13.1 Å². The van der Waals surface area contributed by atoms with Crippen LogP contribution < -0.4 is 4.74 Å². The summed E-state index contributed by atoms with van der Waals surface area (Å²) < 4.78 is 33.0. The molecule has 0 aromatic heterocycles. The fourth-order valence-electron chi connectivity index (χ4n) is 3.14. The molecule has 0 amide bonds. The molecule has 1 aliphatic rings. The highest BCUT2D eigenvalue weighted by Crippen LogP contribution is 2.33. The van der Waals surface area contributed by atoms with Gasteiger partial charge in [-0.1, -0.05) is 25.8 Å². The van der Waals surface area contributed by atoms with Crippen LogP contribution in [-0.2, 0) is 4.79 Å². The van der Waals surface area contributed by atoms with Crippen LogP contribution in [0.1, 0.15) is 46.0 Å². The number of benzene rings is 1. The molecule has 4 nitrogen and oxygen atoms in total. The summed E-state index contributed by atoms with van der Waals surface area (Å²) in [6, 6.07) is 3.72. The van der Waals surface area contributed by atoms with Crippen LogP contribution in [0.5, 0.6) is 5.75 Å². The van der Waals surface area contributed by atoms with Gasteiger partial charge in [0.15, 0.2) is 17.4 Å². The van der Waals surface area contributed by atoms with Crippen LogP contribution in [0.25, 0.3) is 0 Å². The molecule has 1 saturated heterocycles. The molecule has 0 bridgehead atoms. The van der Waals surface area contributed by atoms with E-state index in [1.807, 2.05) is 0 Å². The number of hydrogen-bond acceptors (Lipinski definition) is 3. The van der Waals surface area contributed by atoms with Crippen molar-refractivity contribution in [3.63, 3.8) is 0 Å². The zero-order valence-corrected chi connectivity index (χ0v) is 14.2. The average Bonchev–Trinajstić information content (AvgIpc) is 2.56. The Hall–Kier alpha value is -1.69. The second-order valence-corrected chi connectivity index (χ2v) is 6.48. The van der Waals surface area contributed by atoms with Gasteiger partial charge < -0.3 is 14.7 Å². The Kier molecular flexibility index (Phi) is 6.15. The number of unbranched alkanes of at least 4 members (excludes halogenated alkanes) is 1. The van der Waals surface area contributed by atoms with E-state index in [0.717, 1.165) is 31.4 Å². The molecule has 1 aromatic rings. The highest BCUT2D eigenvalue weighted by Gasteiger charge is 2.45. The van der Waals surface area contributed by atoms with E-state index in [2.05, 4.69) is 18.7 Å². The molecule has 0 radical (unpaired) electrons. The Balaban J connectivity index is 2.10. The van der Waals surface area contributed by atoms with Gasteiger partial charge >= 0.3 is 5.97 Å². The van der Waals surface area contributed by atoms with Gasteiger partial charge in [-0.2, -0.15) is 0 Å². The summed E-state index contributed by atoms with van der Waals surface area (Å²) in [4.78, 5) is 14.0. The summed E-state index contributed by atoms with van der Waals surface area (Å²) in [6.45, 7) is 5.33. The lowest BCUT2D eigenvalue weighted by Gasteiger charge is -2.41. The van der Waals surface area contributed by atoms with Crippen LogP contribution in [-0.4, -0.2) is 40.7 Å². The Bertz CT molecular complexity index is 551. The first-order valence-corrected chi connectivity index (χ1v) is 8.50. The van der Waals surface area contributed by atoms with Crippen LogP contribution in [0.3, 0.4) is 0 Å². The molecule has 1 aliphatic heterocycles. The summed E-state index contributed by atoms with van der Waals surface area (Å²) in [5, 5.41) is 9.61.